The van der Waals surface area contributed by atoms with Gasteiger partial charge in [0.1, 0.15) is 0 Å². The van der Waals surface area contributed by atoms with Crippen LogP contribution in [0.2, 0.25) is 0 Å². The zero-order valence-electron chi connectivity index (χ0n) is 8.93. The molecule has 4 N–H and O–H groups in total. The Labute approximate surface area is 89.2 Å². The Morgan fingerprint density at radius 2 is 2.20 bits per heavy atom. The molecule has 1 aliphatic rings. The first-order valence-corrected chi connectivity index (χ1v) is 5.16. The van der Waals surface area contributed by atoms with Crippen molar-refractivity contribution in [1.82, 2.24) is 21.3 Å². The van der Waals surface area contributed by atoms with Gasteiger partial charge >= 0.3 is 0 Å². The first kappa shape index (κ1) is 11.9. The summed E-state index contributed by atoms with van der Waals surface area (Å²) in [5.41, 5.74) is 0. The van der Waals surface area contributed by atoms with Crippen LogP contribution in [0.25, 0.3) is 0 Å². The molecule has 0 saturated carbocycles. The Morgan fingerprint density at radius 3 is 2.80 bits per heavy atom. The summed E-state index contributed by atoms with van der Waals surface area (Å²) in [6.07, 6.45) is 0.322. The number of piperazine rings is 1. The third-order valence-electron chi connectivity index (χ3n) is 2.29. The van der Waals surface area contributed by atoms with Crippen molar-refractivity contribution in [2.75, 3.05) is 33.2 Å². The van der Waals surface area contributed by atoms with Gasteiger partial charge in [-0.25, -0.2) is 0 Å². The maximum atomic E-state index is 11.5. The van der Waals surface area contributed by atoms with Crippen molar-refractivity contribution in [3.8, 4) is 0 Å². The molecule has 2 amide bonds. The number of rotatable bonds is 4. The summed E-state index contributed by atoms with van der Waals surface area (Å²) < 4.78 is 0. The lowest BCUT2D eigenvalue weighted by Crippen LogP contribution is -2.55. The van der Waals surface area contributed by atoms with E-state index in [4.69, 9.17) is 0 Å². The lowest BCUT2D eigenvalue weighted by atomic mass is 10.2. The van der Waals surface area contributed by atoms with E-state index in [0.717, 1.165) is 13.1 Å². The van der Waals surface area contributed by atoms with Crippen molar-refractivity contribution in [3.05, 3.63) is 0 Å². The van der Waals surface area contributed by atoms with Gasteiger partial charge in [-0.05, 0) is 0 Å². The van der Waals surface area contributed by atoms with Gasteiger partial charge in [0.2, 0.25) is 11.8 Å². The van der Waals surface area contributed by atoms with E-state index < -0.39 is 0 Å². The third-order valence-corrected chi connectivity index (χ3v) is 2.29. The maximum absolute atomic E-state index is 11.5. The number of carbonyl (C=O) groups excluding carboxylic acids is 2. The van der Waals surface area contributed by atoms with Crippen LogP contribution in [0.15, 0.2) is 0 Å². The predicted octanol–water partition coefficient (Wildman–Crippen LogP) is -2.20. The zero-order valence-corrected chi connectivity index (χ0v) is 8.93. The standard InChI is InChI=1S/C9H18N4O2/c1-10-8(14)2-3-13-9(15)7-6-11-4-5-12-7/h7,11-12H,2-6H2,1H3,(H,10,14)(H,13,15). The Balaban J connectivity index is 2.14. The maximum Gasteiger partial charge on any atom is 0.238 e. The Bertz CT molecular complexity index is 226. The summed E-state index contributed by atoms with van der Waals surface area (Å²) in [5, 5.41) is 11.4. The van der Waals surface area contributed by atoms with Crippen LogP contribution in [0.1, 0.15) is 6.42 Å². The fourth-order valence-electron chi connectivity index (χ4n) is 1.39. The highest BCUT2D eigenvalue weighted by atomic mass is 16.2. The van der Waals surface area contributed by atoms with E-state index in [1.165, 1.54) is 0 Å². The molecule has 1 saturated heterocycles. The summed E-state index contributed by atoms with van der Waals surface area (Å²) in [4.78, 5) is 22.4. The molecule has 0 bridgehead atoms. The molecule has 1 heterocycles. The highest BCUT2D eigenvalue weighted by molar-refractivity contribution is 5.83. The molecular formula is C9H18N4O2. The average Bonchev–Trinajstić information content (AvgIpc) is 2.29. The first-order chi connectivity index (χ1) is 7.24. The van der Waals surface area contributed by atoms with E-state index in [-0.39, 0.29) is 17.9 Å². The average molecular weight is 214 g/mol. The van der Waals surface area contributed by atoms with Crippen LogP contribution >= 0.6 is 0 Å². The smallest absolute Gasteiger partial charge is 0.238 e. The second-order valence-corrected chi connectivity index (χ2v) is 3.43. The van der Waals surface area contributed by atoms with Crippen molar-refractivity contribution in [2.45, 2.75) is 12.5 Å². The van der Waals surface area contributed by atoms with Crippen molar-refractivity contribution in [1.29, 1.82) is 0 Å². The third kappa shape index (κ3) is 4.26. The normalized spacial score (nSPS) is 20.7. The minimum Gasteiger partial charge on any atom is -0.359 e. The lowest BCUT2D eigenvalue weighted by Gasteiger charge is -2.23. The largest absolute Gasteiger partial charge is 0.359 e. The fraction of sp³-hybridized carbons (Fsp3) is 0.778. The summed E-state index contributed by atoms with van der Waals surface area (Å²) in [6, 6.07) is -0.177. The SMILES string of the molecule is CNC(=O)CCNC(=O)C1CNCCN1. The monoisotopic (exact) mass is 214 g/mol. The molecule has 1 unspecified atom stereocenters. The van der Waals surface area contributed by atoms with Gasteiger partial charge in [0, 0.05) is 39.6 Å². The molecule has 1 rings (SSSR count). The predicted molar refractivity (Wildman–Crippen MR) is 56.4 cm³/mol. The van der Waals surface area contributed by atoms with Gasteiger partial charge < -0.3 is 21.3 Å². The van der Waals surface area contributed by atoms with Crippen LogP contribution in [-0.2, 0) is 9.59 Å². The van der Waals surface area contributed by atoms with Gasteiger partial charge in [0.25, 0.3) is 0 Å². The Morgan fingerprint density at radius 1 is 1.40 bits per heavy atom. The Kier molecular flexibility index (Phi) is 5.06. The van der Waals surface area contributed by atoms with Crippen LogP contribution in [0.5, 0.6) is 0 Å². The number of amides is 2. The minimum atomic E-state index is -0.177. The van der Waals surface area contributed by atoms with Crippen LogP contribution in [0.3, 0.4) is 0 Å². The molecule has 0 aliphatic carbocycles. The molecular weight excluding hydrogens is 196 g/mol. The van der Waals surface area contributed by atoms with Crippen LogP contribution in [0.4, 0.5) is 0 Å². The van der Waals surface area contributed by atoms with E-state index in [1.54, 1.807) is 7.05 Å². The van der Waals surface area contributed by atoms with Crippen molar-refractivity contribution in [2.24, 2.45) is 0 Å². The van der Waals surface area contributed by atoms with Gasteiger partial charge in [-0.15, -0.1) is 0 Å². The molecule has 1 atom stereocenters. The van der Waals surface area contributed by atoms with Crippen molar-refractivity contribution >= 4 is 11.8 Å². The number of carbonyl (C=O) groups is 2. The summed E-state index contributed by atoms with van der Waals surface area (Å²) in [7, 11) is 1.58. The fourth-order valence-corrected chi connectivity index (χ4v) is 1.39. The van der Waals surface area contributed by atoms with Crippen molar-refractivity contribution in [3.63, 3.8) is 0 Å². The number of hydrogen-bond donors (Lipinski definition) is 4. The van der Waals surface area contributed by atoms with Crippen molar-refractivity contribution < 1.29 is 9.59 Å². The lowest BCUT2D eigenvalue weighted by molar-refractivity contribution is -0.123. The van der Waals surface area contributed by atoms with Gasteiger partial charge in [-0.3, -0.25) is 9.59 Å². The van der Waals surface area contributed by atoms with Gasteiger partial charge in [0.15, 0.2) is 0 Å². The molecule has 0 spiro atoms. The molecule has 1 aliphatic heterocycles. The van der Waals surface area contributed by atoms with Crippen LogP contribution in [0, 0.1) is 0 Å². The molecule has 6 heteroatoms. The molecule has 0 aromatic carbocycles. The number of nitrogens with one attached hydrogen (secondary N) is 4. The van der Waals surface area contributed by atoms with Gasteiger partial charge in [-0.2, -0.15) is 0 Å². The molecule has 6 nitrogen and oxygen atoms in total. The van der Waals surface area contributed by atoms with Crippen LogP contribution < -0.4 is 21.3 Å². The van der Waals surface area contributed by atoms with Gasteiger partial charge in [-0.1, -0.05) is 0 Å². The second kappa shape index (κ2) is 6.36. The summed E-state index contributed by atoms with van der Waals surface area (Å²) >= 11 is 0. The van der Waals surface area contributed by atoms with E-state index in [9.17, 15) is 9.59 Å². The van der Waals surface area contributed by atoms with E-state index >= 15 is 0 Å². The zero-order chi connectivity index (χ0) is 11.1. The van der Waals surface area contributed by atoms with E-state index in [1.807, 2.05) is 0 Å². The highest BCUT2D eigenvalue weighted by Crippen LogP contribution is 1.87. The van der Waals surface area contributed by atoms with Crippen LogP contribution in [-0.4, -0.2) is 51.1 Å². The quantitative estimate of drug-likeness (QED) is 0.428. The van der Waals surface area contributed by atoms with E-state index in [2.05, 4.69) is 21.3 Å². The number of hydrogen-bond acceptors (Lipinski definition) is 4. The molecule has 15 heavy (non-hydrogen) atoms. The van der Waals surface area contributed by atoms with E-state index in [0.29, 0.717) is 19.5 Å². The first-order valence-electron chi connectivity index (χ1n) is 5.16. The summed E-state index contributed by atoms with van der Waals surface area (Å²) in [6.45, 7) is 2.72. The molecule has 0 radical (unpaired) electrons. The van der Waals surface area contributed by atoms with Gasteiger partial charge in [0.05, 0.1) is 6.04 Å². The molecule has 0 aromatic rings. The second-order valence-electron chi connectivity index (χ2n) is 3.43. The topological polar surface area (TPSA) is 82.3 Å². The molecule has 86 valence electrons. The minimum absolute atomic E-state index is 0.0499. The Hall–Kier alpha value is -1.14. The molecule has 1 fully saturated rings. The highest BCUT2D eigenvalue weighted by Gasteiger charge is 2.19. The summed E-state index contributed by atoms with van der Waals surface area (Å²) in [5.74, 6) is -0.115. The molecule has 0 aromatic heterocycles.